The van der Waals surface area contributed by atoms with Crippen molar-refractivity contribution in [2.75, 3.05) is 0 Å². The molecule has 3 rings (SSSR count). The molecule has 0 saturated heterocycles. The van der Waals surface area contributed by atoms with E-state index in [9.17, 15) is 4.79 Å². The molecule has 0 heterocycles. The van der Waals surface area contributed by atoms with E-state index in [1.54, 1.807) is 0 Å². The lowest BCUT2D eigenvalue weighted by atomic mass is 9.89. The molecule has 80 valence electrons. The van der Waals surface area contributed by atoms with Crippen LogP contribution in [0.5, 0.6) is 0 Å². The third-order valence-electron chi connectivity index (χ3n) is 3.18. The van der Waals surface area contributed by atoms with Crippen LogP contribution in [0, 0.1) is 0 Å². The maximum atomic E-state index is 11.4. The molecule has 0 N–H and O–H groups in total. The normalized spacial score (nSPS) is 15.2. The molecule has 1 aliphatic rings. The summed E-state index contributed by atoms with van der Waals surface area (Å²) in [4.78, 5) is 11.4. The van der Waals surface area contributed by atoms with Gasteiger partial charge in [0, 0.05) is 17.9 Å². The Bertz CT molecular complexity index is 587. The summed E-state index contributed by atoms with van der Waals surface area (Å²) in [5.74, 6) is 0.342. The highest BCUT2D eigenvalue weighted by molar-refractivity contribution is 6.31. The zero-order valence-corrected chi connectivity index (χ0v) is 9.55. The van der Waals surface area contributed by atoms with Gasteiger partial charge in [-0.25, -0.2) is 0 Å². The lowest BCUT2D eigenvalue weighted by Gasteiger charge is -2.15. The van der Waals surface area contributed by atoms with Crippen molar-refractivity contribution in [3.05, 3.63) is 46.5 Å². The van der Waals surface area contributed by atoms with E-state index in [-0.39, 0.29) is 0 Å². The number of benzene rings is 2. The van der Waals surface area contributed by atoms with Crippen molar-refractivity contribution < 1.29 is 4.79 Å². The SMILES string of the molecule is O=C1CCc2cc3ccc(Cl)cc3cc2C1. The summed E-state index contributed by atoms with van der Waals surface area (Å²) in [7, 11) is 0. The van der Waals surface area contributed by atoms with Crippen LogP contribution >= 0.6 is 11.6 Å². The first-order valence-electron chi connectivity index (χ1n) is 5.45. The van der Waals surface area contributed by atoms with E-state index in [1.165, 1.54) is 16.5 Å². The number of rotatable bonds is 0. The van der Waals surface area contributed by atoms with Crippen LogP contribution in [-0.4, -0.2) is 5.78 Å². The molecular weight excluding hydrogens is 220 g/mol. The highest BCUT2D eigenvalue weighted by Crippen LogP contribution is 2.27. The summed E-state index contributed by atoms with van der Waals surface area (Å²) in [6.07, 6.45) is 2.15. The highest BCUT2D eigenvalue weighted by Gasteiger charge is 2.15. The van der Waals surface area contributed by atoms with Crippen molar-refractivity contribution in [3.8, 4) is 0 Å². The Morgan fingerprint density at radius 3 is 2.62 bits per heavy atom. The number of aryl methyl sites for hydroxylation is 1. The summed E-state index contributed by atoms with van der Waals surface area (Å²) in [6.45, 7) is 0. The van der Waals surface area contributed by atoms with Crippen molar-refractivity contribution in [2.45, 2.75) is 19.3 Å². The minimum atomic E-state index is 0.342. The number of ketones is 1. The average Bonchev–Trinajstić information content (AvgIpc) is 2.26. The molecule has 0 aliphatic heterocycles. The number of halogens is 1. The van der Waals surface area contributed by atoms with E-state index in [4.69, 9.17) is 11.6 Å². The fraction of sp³-hybridized carbons (Fsp3) is 0.214. The molecule has 1 nitrogen and oxygen atoms in total. The molecule has 0 unspecified atom stereocenters. The Morgan fingerprint density at radius 2 is 1.75 bits per heavy atom. The summed E-state index contributed by atoms with van der Waals surface area (Å²) < 4.78 is 0. The van der Waals surface area contributed by atoms with Gasteiger partial charge in [-0.05, 0) is 40.5 Å². The first-order chi connectivity index (χ1) is 7.72. The van der Waals surface area contributed by atoms with Gasteiger partial charge in [0.25, 0.3) is 0 Å². The molecule has 2 heteroatoms. The summed E-state index contributed by atoms with van der Waals surface area (Å²) >= 11 is 5.96. The fourth-order valence-corrected chi connectivity index (χ4v) is 2.52. The Labute approximate surface area is 99.0 Å². The number of carbonyl (C=O) groups is 1. The molecule has 0 spiro atoms. The monoisotopic (exact) mass is 230 g/mol. The van der Waals surface area contributed by atoms with Crippen molar-refractivity contribution in [1.29, 1.82) is 0 Å². The first kappa shape index (κ1) is 9.86. The average molecular weight is 231 g/mol. The van der Waals surface area contributed by atoms with E-state index in [0.717, 1.165) is 16.8 Å². The van der Waals surface area contributed by atoms with Gasteiger partial charge >= 0.3 is 0 Å². The van der Waals surface area contributed by atoms with E-state index >= 15 is 0 Å². The van der Waals surface area contributed by atoms with Gasteiger partial charge in [0.05, 0.1) is 0 Å². The minimum Gasteiger partial charge on any atom is -0.299 e. The molecule has 2 aromatic rings. The minimum absolute atomic E-state index is 0.342. The van der Waals surface area contributed by atoms with Gasteiger partial charge in [-0.2, -0.15) is 0 Å². The fourth-order valence-electron chi connectivity index (χ4n) is 2.34. The second-order valence-electron chi connectivity index (χ2n) is 4.33. The lowest BCUT2D eigenvalue weighted by Crippen LogP contribution is -2.12. The maximum absolute atomic E-state index is 11.4. The second-order valence-corrected chi connectivity index (χ2v) is 4.76. The number of carbonyl (C=O) groups excluding carboxylic acids is 1. The molecule has 2 aromatic carbocycles. The predicted molar refractivity (Wildman–Crippen MR) is 66.0 cm³/mol. The van der Waals surface area contributed by atoms with Crippen molar-refractivity contribution in [2.24, 2.45) is 0 Å². The Kier molecular flexibility index (Phi) is 2.22. The first-order valence-corrected chi connectivity index (χ1v) is 5.83. The van der Waals surface area contributed by atoms with Gasteiger partial charge in [0.2, 0.25) is 0 Å². The van der Waals surface area contributed by atoms with Gasteiger partial charge in [-0.3, -0.25) is 4.79 Å². The van der Waals surface area contributed by atoms with E-state index < -0.39 is 0 Å². The molecule has 0 radical (unpaired) electrons. The molecule has 0 aromatic heterocycles. The number of hydrogen-bond acceptors (Lipinski definition) is 1. The zero-order valence-electron chi connectivity index (χ0n) is 8.79. The Balaban J connectivity index is 2.23. The third-order valence-corrected chi connectivity index (χ3v) is 3.42. The summed E-state index contributed by atoms with van der Waals surface area (Å²) in [5.41, 5.74) is 2.49. The zero-order chi connectivity index (χ0) is 11.1. The third kappa shape index (κ3) is 1.61. The van der Waals surface area contributed by atoms with Crippen LogP contribution in [0.15, 0.2) is 30.3 Å². The van der Waals surface area contributed by atoms with Crippen molar-refractivity contribution in [1.82, 2.24) is 0 Å². The maximum Gasteiger partial charge on any atom is 0.137 e. The quantitative estimate of drug-likeness (QED) is 0.677. The van der Waals surface area contributed by atoms with Crippen molar-refractivity contribution >= 4 is 28.2 Å². The van der Waals surface area contributed by atoms with Crippen LogP contribution in [0.1, 0.15) is 17.5 Å². The topological polar surface area (TPSA) is 17.1 Å². The highest BCUT2D eigenvalue weighted by atomic mass is 35.5. The van der Waals surface area contributed by atoms with E-state index in [1.807, 2.05) is 18.2 Å². The van der Waals surface area contributed by atoms with Gasteiger partial charge < -0.3 is 0 Å². The molecule has 0 atom stereocenters. The lowest BCUT2D eigenvalue weighted by molar-refractivity contribution is -0.118. The summed E-state index contributed by atoms with van der Waals surface area (Å²) in [6, 6.07) is 10.2. The predicted octanol–water partition coefficient (Wildman–Crippen LogP) is 3.55. The van der Waals surface area contributed by atoms with Crippen LogP contribution in [0.3, 0.4) is 0 Å². The van der Waals surface area contributed by atoms with Gasteiger partial charge in [0.15, 0.2) is 0 Å². The van der Waals surface area contributed by atoms with Crippen LogP contribution < -0.4 is 0 Å². The largest absolute Gasteiger partial charge is 0.299 e. The van der Waals surface area contributed by atoms with Crippen LogP contribution in [0.25, 0.3) is 10.8 Å². The molecule has 0 saturated carbocycles. The second kappa shape index (κ2) is 3.60. The standard InChI is InChI=1S/C14H11ClO/c15-13-3-1-9-5-10-2-4-14(16)8-12(10)6-11(9)7-13/h1,3,5-7H,2,4,8H2. The molecule has 16 heavy (non-hydrogen) atoms. The molecule has 0 fully saturated rings. The van der Waals surface area contributed by atoms with Gasteiger partial charge in [-0.15, -0.1) is 0 Å². The molecular formula is C14H11ClO. The van der Waals surface area contributed by atoms with E-state index in [0.29, 0.717) is 18.6 Å². The van der Waals surface area contributed by atoms with Crippen LogP contribution in [0.4, 0.5) is 0 Å². The summed E-state index contributed by atoms with van der Waals surface area (Å²) in [5, 5.41) is 3.08. The number of fused-ring (bicyclic) bond motifs is 2. The Hall–Kier alpha value is -1.34. The number of hydrogen-bond donors (Lipinski definition) is 0. The smallest absolute Gasteiger partial charge is 0.137 e. The van der Waals surface area contributed by atoms with Gasteiger partial charge in [-0.1, -0.05) is 29.8 Å². The molecule has 0 bridgehead atoms. The Morgan fingerprint density at radius 1 is 0.938 bits per heavy atom. The molecule has 1 aliphatic carbocycles. The van der Waals surface area contributed by atoms with Gasteiger partial charge in [0.1, 0.15) is 5.78 Å². The molecule has 0 amide bonds. The van der Waals surface area contributed by atoms with E-state index in [2.05, 4.69) is 12.1 Å². The number of Topliss-reactive ketones (excluding diaryl/α,β-unsaturated/α-hetero) is 1. The van der Waals surface area contributed by atoms with Crippen LogP contribution in [-0.2, 0) is 17.6 Å². The van der Waals surface area contributed by atoms with Crippen molar-refractivity contribution in [3.63, 3.8) is 0 Å². The van der Waals surface area contributed by atoms with Crippen LogP contribution in [0.2, 0.25) is 5.02 Å².